The van der Waals surface area contributed by atoms with E-state index in [4.69, 9.17) is 11.2 Å². The van der Waals surface area contributed by atoms with Crippen molar-refractivity contribution in [1.29, 1.82) is 0 Å². The van der Waals surface area contributed by atoms with Crippen LogP contribution in [0.1, 0.15) is 17.5 Å². The van der Waals surface area contributed by atoms with Gasteiger partial charge >= 0.3 is 0 Å². The van der Waals surface area contributed by atoms with E-state index in [2.05, 4.69) is 21.0 Å². The van der Waals surface area contributed by atoms with Gasteiger partial charge in [0.1, 0.15) is 18.5 Å². The van der Waals surface area contributed by atoms with Crippen LogP contribution < -0.4 is 0 Å². The van der Waals surface area contributed by atoms with Gasteiger partial charge in [0.15, 0.2) is 17.4 Å². The number of fused-ring (bicyclic) bond motifs is 1. The Balaban J connectivity index is 2.08. The van der Waals surface area contributed by atoms with Gasteiger partial charge in [-0.2, -0.15) is 5.10 Å². The van der Waals surface area contributed by atoms with E-state index in [9.17, 15) is 14.6 Å². The molecule has 2 aromatic rings. The van der Waals surface area contributed by atoms with Gasteiger partial charge in [-0.25, -0.2) is 18.9 Å². The van der Waals surface area contributed by atoms with E-state index in [1.54, 1.807) is 6.92 Å². The van der Waals surface area contributed by atoms with Gasteiger partial charge in [-0.05, 0) is 6.92 Å². The number of aryl methyl sites for hydroxylation is 1. The Kier molecular flexibility index (Phi) is 3.13. The minimum Gasteiger partial charge on any atom is -0.392 e. The standard InChI is InChI=1S/C13H13FN4O3/c1-3-13(5-19)11(20)9(14)10(21-13)8-4-15-12-7(2)16-6-17-18(8)12/h1,4,6,9-11,19-20H,5H2,2H3/t9-,10-,11-,13+/m0/s1. The Bertz CT molecular complexity index is 728. The van der Waals surface area contributed by atoms with Crippen LogP contribution in [0.3, 0.4) is 0 Å². The first-order chi connectivity index (χ1) is 10.0. The van der Waals surface area contributed by atoms with Crippen LogP contribution in [0.2, 0.25) is 0 Å². The number of imidazole rings is 1. The summed E-state index contributed by atoms with van der Waals surface area (Å²) in [4.78, 5) is 8.11. The molecule has 0 radical (unpaired) electrons. The van der Waals surface area contributed by atoms with E-state index in [1.165, 1.54) is 17.0 Å². The molecule has 7 nitrogen and oxygen atoms in total. The minimum atomic E-state index is -1.80. The predicted octanol–water partition coefficient (Wildman–Crippen LogP) is -0.433. The summed E-state index contributed by atoms with van der Waals surface area (Å²) >= 11 is 0. The lowest BCUT2D eigenvalue weighted by Crippen LogP contribution is -2.44. The highest BCUT2D eigenvalue weighted by Gasteiger charge is 2.55. The summed E-state index contributed by atoms with van der Waals surface area (Å²) in [5.41, 5.74) is -0.390. The molecule has 2 aromatic heterocycles. The van der Waals surface area contributed by atoms with Crippen molar-refractivity contribution in [3.05, 3.63) is 23.9 Å². The van der Waals surface area contributed by atoms with E-state index in [0.29, 0.717) is 17.0 Å². The van der Waals surface area contributed by atoms with Gasteiger partial charge in [0.25, 0.3) is 0 Å². The maximum atomic E-state index is 14.4. The Morgan fingerprint density at radius 2 is 2.33 bits per heavy atom. The van der Waals surface area contributed by atoms with Crippen molar-refractivity contribution in [3.8, 4) is 12.3 Å². The molecule has 0 unspecified atom stereocenters. The minimum absolute atomic E-state index is 0.299. The predicted molar refractivity (Wildman–Crippen MR) is 68.9 cm³/mol. The van der Waals surface area contributed by atoms with Gasteiger partial charge in [0.05, 0.1) is 24.2 Å². The molecule has 0 aliphatic carbocycles. The number of alkyl halides is 1. The quantitative estimate of drug-likeness (QED) is 0.730. The zero-order chi connectivity index (χ0) is 15.2. The number of nitrogens with zero attached hydrogens (tertiary/aromatic N) is 4. The number of rotatable bonds is 2. The van der Waals surface area contributed by atoms with Crippen molar-refractivity contribution in [2.75, 3.05) is 6.61 Å². The first-order valence-electron chi connectivity index (χ1n) is 6.28. The van der Waals surface area contributed by atoms with Gasteiger partial charge in [0.2, 0.25) is 0 Å². The molecule has 1 fully saturated rings. The molecular weight excluding hydrogens is 279 g/mol. The lowest BCUT2D eigenvalue weighted by molar-refractivity contribution is -0.0732. The lowest BCUT2D eigenvalue weighted by atomic mass is 9.96. The molecule has 1 aliphatic heterocycles. The molecule has 4 atom stereocenters. The summed E-state index contributed by atoms with van der Waals surface area (Å²) < 4.78 is 21.2. The van der Waals surface area contributed by atoms with E-state index >= 15 is 0 Å². The summed E-state index contributed by atoms with van der Waals surface area (Å²) in [6.45, 7) is 1.05. The highest BCUT2D eigenvalue weighted by Crippen LogP contribution is 2.41. The Morgan fingerprint density at radius 1 is 1.57 bits per heavy atom. The summed E-state index contributed by atoms with van der Waals surface area (Å²) in [5, 5.41) is 23.3. The highest BCUT2D eigenvalue weighted by atomic mass is 19.1. The molecule has 3 heterocycles. The molecule has 1 aliphatic rings. The van der Waals surface area contributed by atoms with E-state index < -0.39 is 30.6 Å². The van der Waals surface area contributed by atoms with Gasteiger partial charge in [-0.3, -0.25) is 0 Å². The maximum absolute atomic E-state index is 14.4. The Hall–Kier alpha value is -2.08. The number of hydrogen-bond donors (Lipinski definition) is 2. The average molecular weight is 292 g/mol. The van der Waals surface area contributed by atoms with E-state index in [0.717, 1.165) is 0 Å². The molecule has 0 aromatic carbocycles. The fourth-order valence-electron chi connectivity index (χ4n) is 2.45. The van der Waals surface area contributed by atoms with Crippen LogP contribution in [-0.2, 0) is 4.74 Å². The van der Waals surface area contributed by atoms with Gasteiger partial charge in [-0.1, -0.05) is 5.92 Å². The van der Waals surface area contributed by atoms with Crippen molar-refractivity contribution >= 4 is 5.65 Å². The van der Waals surface area contributed by atoms with Crippen LogP contribution in [0.15, 0.2) is 12.5 Å². The smallest absolute Gasteiger partial charge is 0.180 e. The molecule has 3 rings (SSSR count). The molecule has 0 saturated carbocycles. The van der Waals surface area contributed by atoms with Gasteiger partial charge in [-0.15, -0.1) is 6.42 Å². The van der Waals surface area contributed by atoms with Crippen LogP contribution in [0.4, 0.5) is 4.39 Å². The molecular formula is C13H13FN4O3. The Morgan fingerprint density at radius 3 is 2.95 bits per heavy atom. The molecule has 21 heavy (non-hydrogen) atoms. The number of ether oxygens (including phenoxy) is 1. The summed E-state index contributed by atoms with van der Waals surface area (Å²) in [7, 11) is 0. The van der Waals surface area contributed by atoms with Crippen molar-refractivity contribution in [2.45, 2.75) is 30.9 Å². The van der Waals surface area contributed by atoms with Crippen molar-refractivity contribution in [3.63, 3.8) is 0 Å². The van der Waals surface area contributed by atoms with Crippen molar-refractivity contribution in [1.82, 2.24) is 19.6 Å². The third kappa shape index (κ3) is 1.82. The third-order valence-electron chi connectivity index (χ3n) is 3.68. The summed E-state index contributed by atoms with van der Waals surface area (Å²) in [6.07, 6.45) is 3.37. The largest absolute Gasteiger partial charge is 0.392 e. The average Bonchev–Trinajstić information content (AvgIpc) is 3.02. The zero-order valence-electron chi connectivity index (χ0n) is 11.1. The van der Waals surface area contributed by atoms with E-state index in [-0.39, 0.29) is 0 Å². The number of aliphatic hydroxyl groups is 2. The number of terminal acetylenes is 1. The first kappa shape index (κ1) is 13.9. The monoisotopic (exact) mass is 292 g/mol. The second kappa shape index (κ2) is 4.73. The Labute approximate surface area is 119 Å². The zero-order valence-corrected chi connectivity index (χ0v) is 11.1. The second-order valence-corrected chi connectivity index (χ2v) is 4.88. The van der Waals surface area contributed by atoms with Crippen LogP contribution in [0.5, 0.6) is 0 Å². The number of aliphatic hydroxyl groups excluding tert-OH is 2. The van der Waals surface area contributed by atoms with Crippen molar-refractivity contribution in [2.24, 2.45) is 0 Å². The molecule has 2 N–H and O–H groups in total. The van der Waals surface area contributed by atoms with E-state index in [1.807, 2.05) is 0 Å². The van der Waals surface area contributed by atoms with Gasteiger partial charge < -0.3 is 14.9 Å². The molecule has 110 valence electrons. The molecule has 0 amide bonds. The number of halogens is 1. The summed E-state index contributed by atoms with van der Waals surface area (Å²) in [5.74, 6) is 2.13. The van der Waals surface area contributed by atoms with Crippen molar-refractivity contribution < 1.29 is 19.3 Å². The first-order valence-corrected chi connectivity index (χ1v) is 6.28. The highest BCUT2D eigenvalue weighted by molar-refractivity contribution is 5.43. The van der Waals surface area contributed by atoms with Crippen LogP contribution >= 0.6 is 0 Å². The molecule has 8 heteroatoms. The summed E-state index contributed by atoms with van der Waals surface area (Å²) in [6, 6.07) is 0. The SMILES string of the molecule is C#C[C@]1(CO)O[C@@H](c2cnc3c(C)ncnn23)[C@H](F)[C@@H]1O. The normalized spacial score (nSPS) is 32.4. The number of aromatic nitrogens is 4. The van der Waals surface area contributed by atoms with Gasteiger partial charge in [0, 0.05) is 0 Å². The van der Waals surface area contributed by atoms with Crippen LogP contribution in [0, 0.1) is 19.3 Å². The molecule has 0 spiro atoms. The third-order valence-corrected chi connectivity index (χ3v) is 3.68. The molecule has 1 saturated heterocycles. The number of hydrogen-bond acceptors (Lipinski definition) is 6. The van der Waals surface area contributed by atoms with Crippen LogP contribution in [-0.4, -0.2) is 54.3 Å². The fourth-order valence-corrected chi connectivity index (χ4v) is 2.45. The van der Waals surface area contributed by atoms with Crippen LogP contribution in [0.25, 0.3) is 5.65 Å². The fraction of sp³-hybridized carbons (Fsp3) is 0.462. The lowest BCUT2D eigenvalue weighted by Gasteiger charge is -2.23. The maximum Gasteiger partial charge on any atom is 0.180 e. The molecule has 0 bridgehead atoms. The second-order valence-electron chi connectivity index (χ2n) is 4.88. The topological polar surface area (TPSA) is 92.8 Å².